The first-order chi connectivity index (χ1) is 14.0. The summed E-state index contributed by atoms with van der Waals surface area (Å²) >= 11 is 0. The molecule has 1 aliphatic heterocycles. The van der Waals surface area contributed by atoms with E-state index in [0.29, 0.717) is 30.0 Å². The Morgan fingerprint density at radius 2 is 2.14 bits per heavy atom. The zero-order valence-electron chi connectivity index (χ0n) is 17.6. The van der Waals surface area contributed by atoms with Crippen molar-refractivity contribution in [2.75, 3.05) is 20.1 Å². The molecule has 1 heterocycles. The van der Waals surface area contributed by atoms with E-state index in [2.05, 4.69) is 17.9 Å². The molecule has 2 fully saturated rings. The van der Waals surface area contributed by atoms with Crippen LogP contribution in [-0.4, -0.2) is 42.2 Å². The molecule has 0 bridgehead atoms. The number of hydrogen-bond acceptors (Lipinski definition) is 4. The molecule has 0 saturated heterocycles. The van der Waals surface area contributed by atoms with E-state index in [4.69, 9.17) is 4.74 Å². The average Bonchev–Trinajstić information content (AvgIpc) is 3.04. The lowest BCUT2D eigenvalue weighted by Gasteiger charge is -2.50. The average molecular weight is 395 g/mol. The summed E-state index contributed by atoms with van der Waals surface area (Å²) in [6.07, 6.45) is 10.7. The molecular weight excluding hydrogens is 362 g/mol. The Balaban J connectivity index is 1.33. The van der Waals surface area contributed by atoms with Gasteiger partial charge in [0.1, 0.15) is 24.5 Å². The van der Waals surface area contributed by atoms with E-state index in [0.717, 1.165) is 44.2 Å². The molecule has 29 heavy (non-hydrogen) atoms. The number of carbonyl (C=O) groups excluding carboxylic acids is 1. The summed E-state index contributed by atoms with van der Waals surface area (Å²) < 4.78 is 6.15. The van der Waals surface area contributed by atoms with Gasteiger partial charge in [0.15, 0.2) is 5.57 Å². The molecule has 1 N–H and O–H groups in total. The van der Waals surface area contributed by atoms with E-state index in [9.17, 15) is 9.90 Å². The van der Waals surface area contributed by atoms with Crippen LogP contribution in [0.15, 0.2) is 29.8 Å². The largest absolute Gasteiger partial charge is 0.508 e. The molecule has 0 spiro atoms. The Labute approximate surface area is 173 Å². The van der Waals surface area contributed by atoms with Gasteiger partial charge < -0.3 is 9.84 Å². The van der Waals surface area contributed by atoms with E-state index in [-0.39, 0.29) is 17.5 Å². The molecule has 4 heteroatoms. The highest BCUT2D eigenvalue weighted by Crippen LogP contribution is 2.61. The van der Waals surface area contributed by atoms with Crippen molar-refractivity contribution in [1.82, 2.24) is 4.90 Å². The number of carbonyl (C=O) groups is 1. The van der Waals surface area contributed by atoms with Gasteiger partial charge in [-0.15, -0.1) is 0 Å². The molecule has 0 amide bonds. The Morgan fingerprint density at radius 1 is 1.28 bits per heavy atom. The molecule has 1 aromatic carbocycles. The number of esters is 1. The molecule has 154 valence electrons. The number of nitrogens with zero attached hydrogens (tertiary/aromatic N) is 1. The lowest BCUT2D eigenvalue weighted by Crippen LogP contribution is -2.45. The molecule has 5 atom stereocenters. The van der Waals surface area contributed by atoms with Crippen molar-refractivity contribution in [1.29, 1.82) is 0 Å². The molecule has 2 saturated carbocycles. The van der Waals surface area contributed by atoms with Crippen molar-refractivity contribution in [3.05, 3.63) is 47.4 Å². The van der Waals surface area contributed by atoms with Gasteiger partial charge in [0, 0.05) is 5.41 Å². The smallest absolute Gasteiger partial charge is 0.420 e. The van der Waals surface area contributed by atoms with Gasteiger partial charge >= 0.3 is 5.97 Å². The number of phenolic OH excluding ortho intramolecular Hbond substituents is 1. The van der Waals surface area contributed by atoms with Gasteiger partial charge in [0.05, 0.1) is 13.0 Å². The first-order valence-electron chi connectivity index (χ1n) is 11.2. The minimum Gasteiger partial charge on any atom is -0.508 e. The number of aryl methyl sites for hydroxylation is 1. The van der Waals surface area contributed by atoms with Gasteiger partial charge in [0.25, 0.3) is 0 Å². The van der Waals surface area contributed by atoms with Crippen LogP contribution in [0.1, 0.15) is 56.1 Å². The Kier molecular flexibility index (Phi) is 4.65. The number of rotatable bonds is 2. The first kappa shape index (κ1) is 19.0. The zero-order chi connectivity index (χ0) is 20.2. The first-order valence-corrected chi connectivity index (χ1v) is 11.2. The van der Waals surface area contributed by atoms with Crippen molar-refractivity contribution in [2.24, 2.45) is 17.3 Å². The third-order valence-corrected chi connectivity index (χ3v) is 8.31. The summed E-state index contributed by atoms with van der Waals surface area (Å²) in [5, 5.41) is 9.86. The number of benzene rings is 1. The van der Waals surface area contributed by atoms with Crippen molar-refractivity contribution in [3.8, 4) is 5.75 Å². The minimum atomic E-state index is -0.119. The van der Waals surface area contributed by atoms with E-state index >= 15 is 0 Å². The van der Waals surface area contributed by atoms with Gasteiger partial charge in [-0.25, -0.2) is 4.79 Å². The van der Waals surface area contributed by atoms with Crippen LogP contribution in [0.3, 0.4) is 0 Å². The van der Waals surface area contributed by atoms with Gasteiger partial charge in [-0.2, -0.15) is 0 Å². The number of fused-ring (bicyclic) bond motifs is 5. The Bertz CT molecular complexity index is 846. The number of ether oxygens (including phenoxy) is 1. The number of hydrogen-bond donors (Lipinski definition) is 1. The number of aromatic hydroxyl groups is 1. The van der Waals surface area contributed by atoms with Gasteiger partial charge in [-0.1, -0.05) is 13.0 Å². The second kappa shape index (κ2) is 7.09. The highest BCUT2D eigenvalue weighted by Gasteiger charge is 2.56. The van der Waals surface area contributed by atoms with Crippen LogP contribution in [0.2, 0.25) is 0 Å². The molecule has 4 nitrogen and oxygen atoms in total. The fourth-order valence-corrected chi connectivity index (χ4v) is 6.83. The normalized spacial score (nSPS) is 36.3. The molecule has 4 aliphatic rings. The summed E-state index contributed by atoms with van der Waals surface area (Å²) in [5.41, 5.74) is 3.66. The third kappa shape index (κ3) is 3.16. The second-order valence-electron chi connectivity index (χ2n) is 9.94. The molecule has 1 aromatic rings. The van der Waals surface area contributed by atoms with Crippen LogP contribution in [0.25, 0.3) is 0 Å². The van der Waals surface area contributed by atoms with Crippen LogP contribution in [-0.2, 0) is 16.0 Å². The molecular formula is C25H32NO3+. The third-order valence-electron chi connectivity index (χ3n) is 8.31. The standard InChI is InChI=1S/C25H31NO3/c1-25-12-11-20-19-8-6-18(27)14-16(19)5-7-21(20)22(25)9-10-23(25)29-24(28)17-4-3-13-26(2)15-17/h3-4,6,8,14,20-23H,5,7,9-13,15H2,1-2H3/p+1/t20-,21-,22+,23+,25+/m1/s1. The molecule has 0 aromatic heterocycles. The van der Waals surface area contributed by atoms with Crippen molar-refractivity contribution in [3.63, 3.8) is 0 Å². The summed E-state index contributed by atoms with van der Waals surface area (Å²) in [6.45, 7) is 3.94. The topological polar surface area (TPSA) is 49.8 Å². The van der Waals surface area contributed by atoms with E-state index in [1.54, 1.807) is 0 Å². The molecule has 0 radical (unpaired) electrons. The Hall–Kier alpha value is -1.94. The molecule has 3 aliphatic carbocycles. The van der Waals surface area contributed by atoms with Crippen LogP contribution >= 0.6 is 0 Å². The summed E-state index contributed by atoms with van der Waals surface area (Å²) in [5.74, 6) is 2.15. The fraction of sp³-hybridized carbons (Fsp3) is 0.600. The van der Waals surface area contributed by atoms with Gasteiger partial charge in [-0.3, -0.25) is 4.90 Å². The van der Waals surface area contributed by atoms with Crippen molar-refractivity contribution >= 4 is 5.97 Å². The molecule has 0 unspecified atom stereocenters. The highest BCUT2D eigenvalue weighted by atomic mass is 16.5. The van der Waals surface area contributed by atoms with Crippen LogP contribution in [0, 0.1) is 23.7 Å². The van der Waals surface area contributed by atoms with Gasteiger partial charge in [-0.05, 0) is 86.6 Å². The lowest BCUT2D eigenvalue weighted by molar-refractivity contribution is -0.153. The number of likely N-dealkylation sites (N-methyl/N-ethyl adjacent to an activating group) is 1. The van der Waals surface area contributed by atoms with E-state index in [1.807, 2.05) is 31.7 Å². The maximum atomic E-state index is 12.8. The highest BCUT2D eigenvalue weighted by molar-refractivity contribution is 5.89. The monoisotopic (exact) mass is 394 g/mol. The summed E-state index contributed by atoms with van der Waals surface area (Å²) in [6, 6.07) is 5.96. The van der Waals surface area contributed by atoms with Crippen molar-refractivity contribution in [2.45, 2.75) is 57.5 Å². The van der Waals surface area contributed by atoms with Gasteiger partial charge in [0.2, 0.25) is 0 Å². The fourth-order valence-electron chi connectivity index (χ4n) is 6.83. The van der Waals surface area contributed by atoms with E-state index in [1.165, 1.54) is 17.5 Å². The number of phenols is 1. The summed E-state index contributed by atoms with van der Waals surface area (Å²) in [7, 11) is 2.03. The maximum Gasteiger partial charge on any atom is 0.420 e. The summed E-state index contributed by atoms with van der Waals surface area (Å²) in [4.78, 5) is 15.0. The van der Waals surface area contributed by atoms with Crippen molar-refractivity contribution < 1.29 is 14.6 Å². The predicted octanol–water partition coefficient (Wildman–Crippen LogP) is 4.24. The predicted molar refractivity (Wildman–Crippen MR) is 112 cm³/mol. The maximum absolute atomic E-state index is 12.8. The Morgan fingerprint density at radius 3 is 2.97 bits per heavy atom. The SMILES string of the molecule is CN1C[CH+]C=C(C(=O)O[C@H]2CC[C@H]3[C@@H]4CCc5cc(O)ccc5[C@H]4CC[C@]23C)C1. The quantitative estimate of drug-likeness (QED) is 0.602. The van der Waals surface area contributed by atoms with Crippen LogP contribution < -0.4 is 0 Å². The zero-order valence-corrected chi connectivity index (χ0v) is 17.6. The molecule has 5 rings (SSSR count). The van der Waals surface area contributed by atoms with Crippen LogP contribution in [0.4, 0.5) is 0 Å². The second-order valence-corrected chi connectivity index (χ2v) is 9.94. The lowest BCUT2D eigenvalue weighted by atomic mass is 9.55. The van der Waals surface area contributed by atoms with Crippen LogP contribution in [0.5, 0.6) is 5.75 Å². The van der Waals surface area contributed by atoms with E-state index < -0.39 is 0 Å². The minimum absolute atomic E-state index is 0.0373.